The first-order valence-corrected chi connectivity index (χ1v) is 15.1. The fourth-order valence-corrected chi connectivity index (χ4v) is 6.50. The number of nitrogens with zero attached hydrogens (tertiary/aromatic N) is 2. The van der Waals surface area contributed by atoms with Crippen molar-refractivity contribution in [3.05, 3.63) is 83.4 Å². The Bertz CT molecular complexity index is 1600. The molecule has 2 aliphatic rings. The summed E-state index contributed by atoms with van der Waals surface area (Å²) in [7, 11) is -2.78. The zero-order valence-electron chi connectivity index (χ0n) is 23.8. The molecule has 43 heavy (non-hydrogen) atoms. The number of rotatable bonds is 6. The molecule has 3 aromatic carbocycles. The average Bonchev–Trinajstić information content (AvgIpc) is 2.98. The van der Waals surface area contributed by atoms with Crippen LogP contribution in [0.1, 0.15) is 41.4 Å². The minimum atomic E-state index is -4.62. The first kappa shape index (κ1) is 30.6. The molecule has 2 atom stereocenters. The highest BCUT2D eigenvalue weighted by molar-refractivity contribution is 7.89. The van der Waals surface area contributed by atoms with E-state index in [-0.39, 0.29) is 22.8 Å². The Morgan fingerprint density at radius 3 is 2.33 bits per heavy atom. The Kier molecular flexibility index (Phi) is 8.09. The number of fused-ring (bicyclic) bond motifs is 1. The third-order valence-electron chi connectivity index (χ3n) is 7.75. The molecule has 9 nitrogen and oxygen atoms in total. The predicted molar refractivity (Wildman–Crippen MR) is 153 cm³/mol. The number of hydrogen-bond acceptors (Lipinski definition) is 7. The molecule has 2 aliphatic heterocycles. The number of amides is 1. The van der Waals surface area contributed by atoms with E-state index in [1.807, 2.05) is 24.3 Å². The van der Waals surface area contributed by atoms with Crippen LogP contribution in [0.4, 0.5) is 18.9 Å². The molecule has 0 bridgehead atoms. The highest BCUT2D eigenvalue weighted by Gasteiger charge is 2.45. The van der Waals surface area contributed by atoms with Crippen molar-refractivity contribution in [1.29, 1.82) is 0 Å². The summed E-state index contributed by atoms with van der Waals surface area (Å²) in [5, 5.41) is 11.1. The van der Waals surface area contributed by atoms with E-state index in [2.05, 4.69) is 9.62 Å². The molecule has 0 unspecified atom stereocenters. The van der Waals surface area contributed by atoms with Gasteiger partial charge in [-0.25, -0.2) is 13.1 Å². The van der Waals surface area contributed by atoms with Gasteiger partial charge in [-0.15, -0.1) is 0 Å². The van der Waals surface area contributed by atoms with Gasteiger partial charge >= 0.3 is 6.18 Å². The standard InChI is InChI=1S/C30H32F3N3O6S/c1-29(2)27(37)26(34-43(39,40)23-10-8-20(9-11-23)30(31,32)33)24-17-19(7-12-25(24)42-29)28(38)36-15-13-35(14-16-36)21-5-4-6-22(18-21)41-3/h4-12,17-18,26-27,34,37H,13-16H2,1-3H3/t26-,27+/m1/s1. The Morgan fingerprint density at radius 1 is 1.02 bits per heavy atom. The second-order valence-corrected chi connectivity index (χ2v) is 12.7. The molecular formula is C30H32F3N3O6S. The molecule has 1 amide bonds. The van der Waals surface area contributed by atoms with Crippen LogP contribution >= 0.6 is 0 Å². The lowest BCUT2D eigenvalue weighted by Gasteiger charge is -2.42. The second kappa shape index (κ2) is 11.4. The monoisotopic (exact) mass is 619 g/mol. The van der Waals surface area contributed by atoms with E-state index in [1.165, 1.54) is 6.07 Å². The van der Waals surface area contributed by atoms with Gasteiger partial charge in [0.1, 0.15) is 23.2 Å². The molecule has 0 radical (unpaired) electrons. The van der Waals surface area contributed by atoms with Gasteiger partial charge < -0.3 is 24.4 Å². The van der Waals surface area contributed by atoms with Crippen molar-refractivity contribution >= 4 is 21.6 Å². The average molecular weight is 620 g/mol. The van der Waals surface area contributed by atoms with Crippen LogP contribution in [0.15, 0.2) is 71.6 Å². The minimum absolute atomic E-state index is 0.239. The number of piperazine rings is 1. The van der Waals surface area contributed by atoms with Crippen molar-refractivity contribution < 1.29 is 41.0 Å². The van der Waals surface area contributed by atoms with Gasteiger partial charge in [-0.3, -0.25) is 4.79 Å². The molecule has 0 spiro atoms. The number of methoxy groups -OCH3 is 1. The maximum atomic E-state index is 13.5. The zero-order valence-corrected chi connectivity index (χ0v) is 24.6. The van der Waals surface area contributed by atoms with Crippen LogP contribution in [0.5, 0.6) is 11.5 Å². The lowest BCUT2D eigenvalue weighted by molar-refractivity contribution is -0.137. The zero-order chi connectivity index (χ0) is 31.2. The number of aliphatic hydroxyl groups excluding tert-OH is 1. The molecular weight excluding hydrogens is 587 g/mol. The molecule has 230 valence electrons. The summed E-state index contributed by atoms with van der Waals surface area (Å²) >= 11 is 0. The molecule has 0 aliphatic carbocycles. The number of nitrogens with one attached hydrogen (secondary N) is 1. The van der Waals surface area contributed by atoms with Crippen LogP contribution in [0.25, 0.3) is 0 Å². The number of halogens is 3. The third-order valence-corrected chi connectivity index (χ3v) is 9.21. The largest absolute Gasteiger partial charge is 0.497 e. The van der Waals surface area contributed by atoms with Crippen molar-refractivity contribution in [2.75, 3.05) is 38.2 Å². The topological polar surface area (TPSA) is 108 Å². The van der Waals surface area contributed by atoms with Gasteiger partial charge in [0, 0.05) is 49.1 Å². The van der Waals surface area contributed by atoms with Crippen molar-refractivity contribution in [3.63, 3.8) is 0 Å². The summed E-state index contributed by atoms with van der Waals surface area (Å²) < 4.78 is 79.2. The number of alkyl halides is 3. The summed E-state index contributed by atoms with van der Waals surface area (Å²) in [5.74, 6) is 0.743. The number of carbonyl (C=O) groups is 1. The lowest BCUT2D eigenvalue weighted by Crippen LogP contribution is -2.53. The Morgan fingerprint density at radius 2 is 1.70 bits per heavy atom. The first-order chi connectivity index (χ1) is 20.2. The van der Waals surface area contributed by atoms with Crippen LogP contribution in [-0.2, 0) is 16.2 Å². The molecule has 2 N–H and O–H groups in total. The summed E-state index contributed by atoms with van der Waals surface area (Å²) in [6, 6.07) is 14.1. The SMILES string of the molecule is COc1cccc(N2CCN(C(=O)c3ccc4c(c3)[C@@H](NS(=O)(=O)c3ccc(C(F)(F)F)cc3)[C@H](O)C(C)(C)O4)CC2)c1. The molecule has 0 saturated carbocycles. The van der Waals surface area contributed by atoms with E-state index < -0.39 is 44.4 Å². The van der Waals surface area contributed by atoms with Gasteiger partial charge in [0.05, 0.1) is 23.6 Å². The molecule has 13 heteroatoms. The molecule has 2 heterocycles. The van der Waals surface area contributed by atoms with E-state index >= 15 is 0 Å². The number of hydrogen-bond donors (Lipinski definition) is 2. The van der Waals surface area contributed by atoms with Gasteiger partial charge in [-0.05, 0) is 68.4 Å². The van der Waals surface area contributed by atoms with Crippen LogP contribution in [0, 0.1) is 0 Å². The number of aliphatic hydroxyl groups is 1. The third kappa shape index (κ3) is 6.29. The van der Waals surface area contributed by atoms with Crippen molar-refractivity contribution in [2.45, 2.75) is 42.7 Å². The maximum absolute atomic E-state index is 13.5. The lowest BCUT2D eigenvalue weighted by atomic mass is 9.86. The van der Waals surface area contributed by atoms with E-state index in [9.17, 15) is 31.5 Å². The van der Waals surface area contributed by atoms with Crippen molar-refractivity contribution in [3.8, 4) is 11.5 Å². The number of benzene rings is 3. The summed E-state index contributed by atoms with van der Waals surface area (Å²) in [6.45, 7) is 5.25. The summed E-state index contributed by atoms with van der Waals surface area (Å²) in [5.41, 5.74) is -0.706. The van der Waals surface area contributed by atoms with Crippen LogP contribution in [0.3, 0.4) is 0 Å². The first-order valence-electron chi connectivity index (χ1n) is 13.6. The molecule has 1 fully saturated rings. The van der Waals surface area contributed by atoms with E-state index in [4.69, 9.17) is 9.47 Å². The highest BCUT2D eigenvalue weighted by Crippen LogP contribution is 2.41. The van der Waals surface area contributed by atoms with E-state index in [1.54, 1.807) is 38.0 Å². The van der Waals surface area contributed by atoms with Gasteiger partial charge in [0.2, 0.25) is 10.0 Å². The number of ether oxygens (including phenoxy) is 2. The minimum Gasteiger partial charge on any atom is -0.497 e. The maximum Gasteiger partial charge on any atom is 0.416 e. The van der Waals surface area contributed by atoms with Crippen LogP contribution < -0.4 is 19.1 Å². The Labute approximate surface area is 247 Å². The van der Waals surface area contributed by atoms with Crippen molar-refractivity contribution in [1.82, 2.24) is 9.62 Å². The van der Waals surface area contributed by atoms with Gasteiger partial charge in [0.25, 0.3) is 5.91 Å². The van der Waals surface area contributed by atoms with E-state index in [0.717, 1.165) is 23.6 Å². The highest BCUT2D eigenvalue weighted by atomic mass is 32.2. The number of carbonyl (C=O) groups excluding carboxylic acids is 1. The van der Waals surface area contributed by atoms with Crippen LogP contribution in [-0.4, -0.2) is 69.3 Å². The van der Waals surface area contributed by atoms with E-state index in [0.29, 0.717) is 38.3 Å². The number of sulfonamides is 1. The smallest absolute Gasteiger partial charge is 0.416 e. The fraction of sp³-hybridized carbons (Fsp3) is 0.367. The van der Waals surface area contributed by atoms with Crippen molar-refractivity contribution in [2.24, 2.45) is 0 Å². The molecule has 0 aromatic heterocycles. The number of anilines is 1. The molecule has 3 aromatic rings. The predicted octanol–water partition coefficient (Wildman–Crippen LogP) is 4.23. The summed E-state index contributed by atoms with van der Waals surface area (Å²) in [6.07, 6.45) is -6.01. The van der Waals surface area contributed by atoms with Gasteiger partial charge in [-0.2, -0.15) is 13.2 Å². The Balaban J connectivity index is 1.37. The Hall–Kier alpha value is -3.81. The summed E-state index contributed by atoms with van der Waals surface area (Å²) in [4.78, 5) is 17.0. The molecule has 5 rings (SSSR count). The fourth-order valence-electron chi connectivity index (χ4n) is 5.28. The van der Waals surface area contributed by atoms with Gasteiger partial charge in [-0.1, -0.05) is 6.07 Å². The molecule has 1 saturated heterocycles. The normalized spacial score (nSPS) is 20.3. The van der Waals surface area contributed by atoms with Crippen LogP contribution in [0.2, 0.25) is 0 Å². The second-order valence-electron chi connectivity index (χ2n) is 11.0. The van der Waals surface area contributed by atoms with Gasteiger partial charge in [0.15, 0.2) is 0 Å². The quantitative estimate of drug-likeness (QED) is 0.425.